The molecule has 5 atom stereocenters. The van der Waals surface area contributed by atoms with Crippen LogP contribution in [0.4, 0.5) is 0 Å². The van der Waals surface area contributed by atoms with E-state index in [1.54, 1.807) is 97.9 Å². The van der Waals surface area contributed by atoms with E-state index >= 15 is 0 Å². The molecule has 1 heterocycles. The highest BCUT2D eigenvalue weighted by Crippen LogP contribution is 2.33. The third-order valence-corrected chi connectivity index (χ3v) is 6.22. The van der Waals surface area contributed by atoms with E-state index in [-0.39, 0.29) is 5.92 Å². The lowest BCUT2D eigenvalue weighted by Gasteiger charge is -2.45. The molecule has 3 aromatic rings. The molecule has 7 heteroatoms. The highest BCUT2D eigenvalue weighted by Gasteiger charge is 2.51. The zero-order valence-corrected chi connectivity index (χ0v) is 21.0. The number of ether oxygens (including phenoxy) is 4. The van der Waals surface area contributed by atoms with E-state index in [0.717, 1.165) is 0 Å². The Morgan fingerprint density at radius 1 is 0.595 bits per heavy atom. The third-order valence-electron chi connectivity index (χ3n) is 6.22. The maximum atomic E-state index is 13.2. The van der Waals surface area contributed by atoms with Crippen LogP contribution in [0.2, 0.25) is 0 Å². The van der Waals surface area contributed by atoms with Gasteiger partial charge in [0.15, 0.2) is 18.3 Å². The largest absolute Gasteiger partial charge is 0.452 e. The van der Waals surface area contributed by atoms with Gasteiger partial charge >= 0.3 is 17.9 Å². The molecule has 37 heavy (non-hydrogen) atoms. The first-order chi connectivity index (χ1) is 17.8. The number of carbonyl (C=O) groups excluding carboxylic acids is 3. The molecule has 0 spiro atoms. The van der Waals surface area contributed by atoms with Crippen LogP contribution < -0.4 is 0 Å². The summed E-state index contributed by atoms with van der Waals surface area (Å²) in [4.78, 5) is 39.2. The summed E-state index contributed by atoms with van der Waals surface area (Å²) < 4.78 is 24.0. The first kappa shape index (κ1) is 26.1. The Balaban J connectivity index is 1.69. The van der Waals surface area contributed by atoms with E-state index in [9.17, 15) is 14.4 Å². The SMILES string of the molecule is CC(C)[C@@H]1O[C@H](C)[C@@H](OC(=O)c2ccccc2)[C@H](OC(=O)c2ccccc2)[C@H]1OC(=O)c1ccccc1. The first-order valence-electron chi connectivity index (χ1n) is 12.3. The van der Waals surface area contributed by atoms with Gasteiger partial charge < -0.3 is 18.9 Å². The van der Waals surface area contributed by atoms with Crippen molar-refractivity contribution in [3.8, 4) is 0 Å². The second kappa shape index (κ2) is 11.8. The monoisotopic (exact) mass is 502 g/mol. The van der Waals surface area contributed by atoms with Gasteiger partial charge in [-0.15, -0.1) is 0 Å². The molecule has 0 amide bonds. The summed E-state index contributed by atoms with van der Waals surface area (Å²) in [6, 6.07) is 25.5. The van der Waals surface area contributed by atoms with Crippen LogP contribution in [0.5, 0.6) is 0 Å². The van der Waals surface area contributed by atoms with Crippen LogP contribution in [0.3, 0.4) is 0 Å². The average molecular weight is 503 g/mol. The molecule has 0 aromatic heterocycles. The molecule has 0 unspecified atom stereocenters. The second-order valence-electron chi connectivity index (χ2n) is 9.26. The predicted molar refractivity (Wildman–Crippen MR) is 136 cm³/mol. The number of hydrogen-bond acceptors (Lipinski definition) is 7. The minimum atomic E-state index is -1.11. The molecule has 1 saturated heterocycles. The molecule has 1 aliphatic heterocycles. The Morgan fingerprint density at radius 2 is 0.946 bits per heavy atom. The van der Waals surface area contributed by atoms with Crippen molar-refractivity contribution < 1.29 is 33.3 Å². The lowest BCUT2D eigenvalue weighted by molar-refractivity contribution is -0.226. The van der Waals surface area contributed by atoms with Crippen molar-refractivity contribution in [1.82, 2.24) is 0 Å². The summed E-state index contributed by atoms with van der Waals surface area (Å²) in [5.74, 6) is -1.91. The first-order valence-corrected chi connectivity index (χ1v) is 12.3. The van der Waals surface area contributed by atoms with E-state index < -0.39 is 48.4 Å². The van der Waals surface area contributed by atoms with E-state index in [2.05, 4.69) is 0 Å². The summed E-state index contributed by atoms with van der Waals surface area (Å²) in [5.41, 5.74) is 1.00. The maximum Gasteiger partial charge on any atom is 0.338 e. The van der Waals surface area contributed by atoms with Gasteiger partial charge in [0.05, 0.1) is 22.8 Å². The van der Waals surface area contributed by atoms with E-state index in [0.29, 0.717) is 16.7 Å². The standard InChI is InChI=1S/C30H30O7/c1-19(2)24-26(36-29(32)22-15-9-5-10-16-22)27(37-30(33)23-17-11-6-12-18-23)25(20(3)34-24)35-28(31)21-13-7-4-8-14-21/h4-20,24-27H,1-3H3/t20-,24+,25-,26+,27+/m1/s1. The van der Waals surface area contributed by atoms with Gasteiger partial charge in [-0.3, -0.25) is 0 Å². The fourth-order valence-corrected chi connectivity index (χ4v) is 4.31. The van der Waals surface area contributed by atoms with Crippen LogP contribution in [-0.4, -0.2) is 48.4 Å². The molecule has 1 aliphatic rings. The van der Waals surface area contributed by atoms with Crippen LogP contribution in [-0.2, 0) is 18.9 Å². The summed E-state index contributed by atoms with van der Waals surface area (Å²) in [5, 5.41) is 0. The van der Waals surface area contributed by atoms with Crippen molar-refractivity contribution in [2.24, 2.45) is 5.92 Å². The molecule has 0 saturated carbocycles. The number of hydrogen-bond donors (Lipinski definition) is 0. The van der Waals surface area contributed by atoms with Crippen LogP contribution in [0.15, 0.2) is 91.0 Å². The Kier molecular flexibility index (Phi) is 8.36. The molecule has 0 radical (unpaired) electrons. The van der Waals surface area contributed by atoms with Crippen LogP contribution in [0.25, 0.3) is 0 Å². The zero-order chi connectivity index (χ0) is 26.4. The third kappa shape index (κ3) is 6.24. The maximum absolute atomic E-state index is 13.2. The van der Waals surface area contributed by atoms with Crippen molar-refractivity contribution in [2.75, 3.05) is 0 Å². The summed E-state index contributed by atoms with van der Waals surface area (Å²) in [6.07, 6.45) is -4.40. The molecule has 0 aliphatic carbocycles. The molecule has 192 valence electrons. The lowest BCUT2D eigenvalue weighted by atomic mass is 9.89. The Bertz CT molecular complexity index is 1190. The van der Waals surface area contributed by atoms with Gasteiger partial charge in [-0.1, -0.05) is 68.4 Å². The fraction of sp³-hybridized carbons (Fsp3) is 0.300. The lowest BCUT2D eigenvalue weighted by Crippen LogP contribution is -2.62. The smallest absolute Gasteiger partial charge is 0.338 e. The van der Waals surface area contributed by atoms with Crippen molar-refractivity contribution in [2.45, 2.75) is 51.3 Å². The summed E-state index contributed by atoms with van der Waals surface area (Å²) >= 11 is 0. The van der Waals surface area contributed by atoms with Crippen molar-refractivity contribution in [3.05, 3.63) is 108 Å². The normalized spacial score (nSPS) is 23.2. The van der Waals surface area contributed by atoms with Crippen molar-refractivity contribution in [1.29, 1.82) is 0 Å². The number of rotatable bonds is 7. The molecule has 7 nitrogen and oxygen atoms in total. The zero-order valence-electron chi connectivity index (χ0n) is 21.0. The van der Waals surface area contributed by atoms with E-state index in [1.165, 1.54) is 0 Å². The Labute approximate surface area is 216 Å². The number of esters is 3. The topological polar surface area (TPSA) is 88.1 Å². The van der Waals surface area contributed by atoms with Gasteiger partial charge in [0.1, 0.15) is 6.10 Å². The molecule has 1 fully saturated rings. The molecular formula is C30H30O7. The highest BCUT2D eigenvalue weighted by atomic mass is 16.6. The summed E-state index contributed by atoms with van der Waals surface area (Å²) in [6.45, 7) is 5.59. The molecule has 0 N–H and O–H groups in total. The highest BCUT2D eigenvalue weighted by molar-refractivity contribution is 5.91. The van der Waals surface area contributed by atoms with Gasteiger partial charge in [-0.05, 0) is 49.2 Å². The van der Waals surface area contributed by atoms with Gasteiger partial charge in [0, 0.05) is 0 Å². The van der Waals surface area contributed by atoms with Crippen molar-refractivity contribution in [3.63, 3.8) is 0 Å². The molecule has 0 bridgehead atoms. The van der Waals surface area contributed by atoms with Gasteiger partial charge in [0.2, 0.25) is 0 Å². The molecule has 4 rings (SSSR count). The Hall–Kier alpha value is -3.97. The van der Waals surface area contributed by atoms with Gasteiger partial charge in [-0.25, -0.2) is 14.4 Å². The summed E-state index contributed by atoms with van der Waals surface area (Å²) in [7, 11) is 0. The predicted octanol–water partition coefficient (Wildman–Crippen LogP) is 5.11. The van der Waals surface area contributed by atoms with E-state index in [1.807, 2.05) is 13.8 Å². The van der Waals surface area contributed by atoms with Crippen LogP contribution in [0.1, 0.15) is 51.8 Å². The minimum absolute atomic E-state index is 0.0975. The van der Waals surface area contributed by atoms with Gasteiger partial charge in [0.25, 0.3) is 0 Å². The Morgan fingerprint density at radius 3 is 1.32 bits per heavy atom. The second-order valence-corrected chi connectivity index (χ2v) is 9.26. The average Bonchev–Trinajstić information content (AvgIpc) is 2.93. The van der Waals surface area contributed by atoms with Crippen molar-refractivity contribution >= 4 is 17.9 Å². The molecular weight excluding hydrogens is 472 g/mol. The number of benzene rings is 3. The van der Waals surface area contributed by atoms with Crippen LogP contribution >= 0.6 is 0 Å². The fourth-order valence-electron chi connectivity index (χ4n) is 4.31. The van der Waals surface area contributed by atoms with Gasteiger partial charge in [-0.2, -0.15) is 0 Å². The number of carbonyl (C=O) groups is 3. The van der Waals surface area contributed by atoms with E-state index in [4.69, 9.17) is 18.9 Å². The minimum Gasteiger partial charge on any atom is -0.452 e. The quantitative estimate of drug-likeness (QED) is 0.328. The van der Waals surface area contributed by atoms with Crippen LogP contribution in [0, 0.1) is 5.92 Å². The molecule has 3 aromatic carbocycles.